The van der Waals surface area contributed by atoms with Crippen molar-refractivity contribution in [2.45, 2.75) is 19.3 Å². The fourth-order valence-corrected chi connectivity index (χ4v) is 4.49. The third kappa shape index (κ3) is 5.58. The molecule has 4 aromatic rings. The summed E-state index contributed by atoms with van der Waals surface area (Å²) in [7, 11) is 1.67. The number of carbonyl (C=O) groups excluding carboxylic acids is 1. The first kappa shape index (κ1) is 23.6. The maximum Gasteiger partial charge on any atom is 0.258 e. The second-order valence-corrected chi connectivity index (χ2v) is 8.92. The molecule has 0 spiro atoms. The van der Waals surface area contributed by atoms with E-state index >= 15 is 0 Å². The van der Waals surface area contributed by atoms with E-state index < -0.39 is 0 Å². The summed E-state index contributed by atoms with van der Waals surface area (Å²) >= 11 is 0. The van der Waals surface area contributed by atoms with E-state index in [0.717, 1.165) is 70.6 Å². The summed E-state index contributed by atoms with van der Waals surface area (Å²) in [4.78, 5) is 12.3. The van der Waals surface area contributed by atoms with Crippen molar-refractivity contribution in [1.29, 1.82) is 0 Å². The number of rotatable bonds is 7. The van der Waals surface area contributed by atoms with Crippen molar-refractivity contribution in [3.8, 4) is 28.4 Å². The fraction of sp³-hybridized carbons (Fsp3) is 0.194. The molecular weight excluding hydrogens is 448 g/mol. The van der Waals surface area contributed by atoms with Crippen LogP contribution < -0.4 is 14.9 Å². The molecule has 1 saturated heterocycles. The number of hydrazine groups is 1. The standard InChI is InChI=1S/C31H30N2O3/c1-35-26-17-12-25(13-18-26)29-19-14-24-7-3-4-8-28(24)31(29)36-27-15-9-23(10-16-27)11-20-30(34)32-33-21-5-2-6-22-33/h3-4,7-20H,2,5-6,21-22H2,1H3,(H,32,34). The van der Waals surface area contributed by atoms with Gasteiger partial charge in [0.25, 0.3) is 5.91 Å². The zero-order valence-electron chi connectivity index (χ0n) is 20.4. The molecule has 0 aliphatic carbocycles. The molecule has 0 radical (unpaired) electrons. The van der Waals surface area contributed by atoms with Crippen LogP contribution in [0.1, 0.15) is 24.8 Å². The second-order valence-electron chi connectivity index (χ2n) is 8.92. The molecule has 182 valence electrons. The first-order valence-electron chi connectivity index (χ1n) is 12.4. The predicted molar refractivity (Wildman–Crippen MR) is 145 cm³/mol. The number of nitrogens with zero attached hydrogens (tertiary/aromatic N) is 1. The van der Waals surface area contributed by atoms with E-state index in [2.05, 4.69) is 29.7 Å². The van der Waals surface area contributed by atoms with Gasteiger partial charge in [-0.3, -0.25) is 10.2 Å². The molecule has 0 unspecified atom stereocenters. The molecule has 1 heterocycles. The van der Waals surface area contributed by atoms with Gasteiger partial charge < -0.3 is 9.47 Å². The quantitative estimate of drug-likeness (QED) is 0.296. The Labute approximate surface area is 211 Å². The van der Waals surface area contributed by atoms with Crippen LogP contribution in [0.3, 0.4) is 0 Å². The fourth-order valence-electron chi connectivity index (χ4n) is 4.49. The summed E-state index contributed by atoms with van der Waals surface area (Å²) in [6.45, 7) is 1.83. The Morgan fingerprint density at radius 1 is 0.833 bits per heavy atom. The highest BCUT2D eigenvalue weighted by atomic mass is 16.5. The summed E-state index contributed by atoms with van der Waals surface area (Å²) in [5, 5.41) is 4.16. The monoisotopic (exact) mass is 478 g/mol. The van der Waals surface area contributed by atoms with Gasteiger partial charge >= 0.3 is 0 Å². The van der Waals surface area contributed by atoms with E-state index in [-0.39, 0.29) is 5.91 Å². The summed E-state index contributed by atoms with van der Waals surface area (Å²) in [5.74, 6) is 2.26. The van der Waals surface area contributed by atoms with Gasteiger partial charge in [0.05, 0.1) is 7.11 Å². The molecule has 5 heteroatoms. The Bertz CT molecular complexity index is 1360. The number of hydrogen-bond acceptors (Lipinski definition) is 4. The van der Waals surface area contributed by atoms with Crippen molar-refractivity contribution in [3.63, 3.8) is 0 Å². The van der Waals surface area contributed by atoms with Crippen LogP contribution >= 0.6 is 0 Å². The van der Waals surface area contributed by atoms with Gasteiger partial charge in [0.15, 0.2) is 0 Å². The number of hydrogen-bond donors (Lipinski definition) is 1. The lowest BCUT2D eigenvalue weighted by molar-refractivity contribution is -0.121. The van der Waals surface area contributed by atoms with Crippen LogP contribution in [-0.2, 0) is 4.79 Å². The van der Waals surface area contributed by atoms with Crippen LogP contribution in [0, 0.1) is 0 Å². The smallest absolute Gasteiger partial charge is 0.258 e. The van der Waals surface area contributed by atoms with Gasteiger partial charge in [-0.25, -0.2) is 5.01 Å². The van der Waals surface area contributed by atoms with Gasteiger partial charge in [0.1, 0.15) is 17.2 Å². The van der Waals surface area contributed by atoms with E-state index in [9.17, 15) is 4.79 Å². The Kier molecular flexibility index (Phi) is 7.29. The molecule has 1 N–H and O–H groups in total. The van der Waals surface area contributed by atoms with E-state index in [1.807, 2.05) is 71.7 Å². The van der Waals surface area contributed by atoms with Crippen LogP contribution in [0.5, 0.6) is 17.2 Å². The normalized spacial score (nSPS) is 14.1. The number of fused-ring (bicyclic) bond motifs is 1. The Morgan fingerprint density at radius 2 is 1.56 bits per heavy atom. The van der Waals surface area contributed by atoms with Gasteiger partial charge in [0, 0.05) is 30.1 Å². The lowest BCUT2D eigenvalue weighted by atomic mass is 9.99. The molecule has 5 rings (SSSR count). The summed E-state index contributed by atoms with van der Waals surface area (Å²) < 4.78 is 11.8. The Balaban J connectivity index is 1.36. The summed E-state index contributed by atoms with van der Waals surface area (Å²) in [6, 6.07) is 28.2. The highest BCUT2D eigenvalue weighted by Gasteiger charge is 2.13. The van der Waals surface area contributed by atoms with E-state index in [4.69, 9.17) is 9.47 Å². The zero-order valence-corrected chi connectivity index (χ0v) is 20.4. The number of methoxy groups -OCH3 is 1. The van der Waals surface area contributed by atoms with Gasteiger partial charge in [-0.15, -0.1) is 0 Å². The lowest BCUT2D eigenvalue weighted by Gasteiger charge is -2.26. The van der Waals surface area contributed by atoms with Gasteiger partial charge in [-0.05, 0) is 65.8 Å². The minimum atomic E-state index is -0.0999. The molecule has 0 saturated carbocycles. The van der Waals surface area contributed by atoms with Gasteiger partial charge in [-0.1, -0.05) is 61.0 Å². The van der Waals surface area contributed by atoms with E-state index in [0.29, 0.717) is 0 Å². The number of nitrogens with one attached hydrogen (secondary N) is 1. The Morgan fingerprint density at radius 3 is 2.31 bits per heavy atom. The minimum absolute atomic E-state index is 0.0999. The molecule has 5 nitrogen and oxygen atoms in total. The summed E-state index contributed by atoms with van der Waals surface area (Å²) in [6.07, 6.45) is 6.89. The van der Waals surface area contributed by atoms with Crippen molar-refractivity contribution >= 4 is 22.8 Å². The molecule has 36 heavy (non-hydrogen) atoms. The molecule has 1 amide bonds. The van der Waals surface area contributed by atoms with Crippen molar-refractivity contribution in [3.05, 3.63) is 96.6 Å². The SMILES string of the molecule is COc1ccc(-c2ccc3ccccc3c2Oc2ccc(C=CC(=O)NN3CCCCC3)cc2)cc1. The molecule has 0 aromatic heterocycles. The van der Waals surface area contributed by atoms with Gasteiger partial charge in [0.2, 0.25) is 0 Å². The molecule has 1 fully saturated rings. The number of amides is 1. The maximum atomic E-state index is 12.3. The van der Waals surface area contributed by atoms with Crippen LogP contribution in [-0.4, -0.2) is 31.1 Å². The van der Waals surface area contributed by atoms with Crippen molar-refractivity contribution in [2.24, 2.45) is 0 Å². The predicted octanol–water partition coefficient (Wildman–Crippen LogP) is 6.84. The van der Waals surface area contributed by atoms with Crippen LogP contribution in [0.15, 0.2) is 91.0 Å². The van der Waals surface area contributed by atoms with Crippen molar-refractivity contribution in [2.75, 3.05) is 20.2 Å². The second kappa shape index (κ2) is 11.1. The largest absolute Gasteiger partial charge is 0.497 e. The highest BCUT2D eigenvalue weighted by Crippen LogP contribution is 2.40. The summed E-state index contributed by atoms with van der Waals surface area (Å²) in [5.41, 5.74) is 5.95. The number of carbonyl (C=O) groups is 1. The van der Waals surface area contributed by atoms with Crippen molar-refractivity contribution in [1.82, 2.24) is 10.4 Å². The number of piperidine rings is 1. The highest BCUT2D eigenvalue weighted by molar-refractivity contribution is 5.95. The topological polar surface area (TPSA) is 50.8 Å². The number of benzene rings is 4. The van der Waals surface area contributed by atoms with Crippen LogP contribution in [0.25, 0.3) is 28.0 Å². The zero-order chi connectivity index (χ0) is 24.7. The van der Waals surface area contributed by atoms with Gasteiger partial charge in [-0.2, -0.15) is 0 Å². The maximum absolute atomic E-state index is 12.3. The molecular formula is C31H30N2O3. The van der Waals surface area contributed by atoms with Crippen LogP contribution in [0.2, 0.25) is 0 Å². The van der Waals surface area contributed by atoms with Crippen molar-refractivity contribution < 1.29 is 14.3 Å². The molecule has 4 aromatic carbocycles. The lowest BCUT2D eigenvalue weighted by Crippen LogP contribution is -2.44. The van der Waals surface area contributed by atoms with E-state index in [1.54, 1.807) is 13.2 Å². The third-order valence-corrected chi connectivity index (χ3v) is 6.43. The third-order valence-electron chi connectivity index (χ3n) is 6.43. The molecule has 1 aliphatic rings. The molecule has 1 aliphatic heterocycles. The first-order chi connectivity index (χ1) is 17.7. The molecule has 0 bridgehead atoms. The molecule has 0 atom stereocenters. The average molecular weight is 479 g/mol. The Hall–Kier alpha value is -4.09. The van der Waals surface area contributed by atoms with Crippen LogP contribution in [0.4, 0.5) is 0 Å². The minimum Gasteiger partial charge on any atom is -0.497 e. The average Bonchev–Trinajstić information content (AvgIpc) is 2.93. The van der Waals surface area contributed by atoms with E-state index in [1.165, 1.54) is 6.42 Å². The first-order valence-corrected chi connectivity index (χ1v) is 12.4. The number of ether oxygens (including phenoxy) is 2.